The molecule has 31 heavy (non-hydrogen) atoms. The van der Waals surface area contributed by atoms with Crippen LogP contribution < -0.4 is 5.32 Å². The topological polar surface area (TPSA) is 75.3 Å². The molecule has 1 amide bonds. The average Bonchev–Trinajstić information content (AvgIpc) is 2.58. The van der Waals surface area contributed by atoms with Crippen LogP contribution in [-0.2, 0) is 23.1 Å². The fourth-order valence-electron chi connectivity index (χ4n) is 4.21. The molecule has 7 nitrogen and oxygen atoms in total. The third kappa shape index (κ3) is 6.26. The summed E-state index contributed by atoms with van der Waals surface area (Å²) in [6.45, 7) is 23.5. The first-order valence-electron chi connectivity index (χ1n) is 11.0. The van der Waals surface area contributed by atoms with Gasteiger partial charge in [0.15, 0.2) is 0 Å². The Morgan fingerprint density at radius 2 is 1.74 bits per heavy atom. The van der Waals surface area contributed by atoms with Crippen molar-refractivity contribution >= 4 is 14.7 Å². The highest BCUT2D eigenvalue weighted by atomic mass is 28.4. The Morgan fingerprint density at radius 3 is 2.29 bits per heavy atom. The van der Waals surface area contributed by atoms with Gasteiger partial charge in [0.25, 0.3) is 0 Å². The van der Waals surface area contributed by atoms with E-state index in [-0.39, 0.29) is 28.4 Å². The number of carbonyl (C=O) groups excluding carboxylic acids is 1. The van der Waals surface area contributed by atoms with Crippen molar-refractivity contribution in [1.29, 1.82) is 0 Å². The maximum Gasteiger partial charge on any atom is 0.407 e. The Labute approximate surface area is 188 Å². The van der Waals surface area contributed by atoms with E-state index in [1.54, 1.807) is 6.26 Å². The van der Waals surface area contributed by atoms with E-state index >= 15 is 0 Å². The molecule has 2 heterocycles. The molecule has 0 saturated carbocycles. The first-order chi connectivity index (χ1) is 14.1. The Morgan fingerprint density at radius 1 is 1.13 bits per heavy atom. The van der Waals surface area contributed by atoms with Crippen LogP contribution >= 0.6 is 0 Å². The lowest BCUT2D eigenvalue weighted by molar-refractivity contribution is -0.128. The van der Waals surface area contributed by atoms with Gasteiger partial charge in [-0.1, -0.05) is 48.1 Å². The van der Waals surface area contributed by atoms with Crippen molar-refractivity contribution in [3.63, 3.8) is 0 Å². The summed E-state index contributed by atoms with van der Waals surface area (Å²) < 4.78 is 30.4. The van der Waals surface area contributed by atoms with Crippen molar-refractivity contribution in [2.75, 3.05) is 13.2 Å². The molecule has 2 rings (SSSR count). The monoisotopic (exact) mass is 455 g/mol. The van der Waals surface area contributed by atoms with Gasteiger partial charge in [-0.2, -0.15) is 0 Å². The average molecular weight is 456 g/mol. The summed E-state index contributed by atoms with van der Waals surface area (Å²) in [6.07, 6.45) is 2.70. The van der Waals surface area contributed by atoms with Crippen molar-refractivity contribution < 1.29 is 27.9 Å². The standard InChI is InChI=1S/C23H41NO6Si/c1-16(11-13-24-20(25)29-21(2,3)4)28-17-12-14-26-18-15-27-31(22(5,6)7,23(8,9)10)30-19(17)18/h12,14,17-19H,1,11,13,15H2,2-10H3,(H,24,25)/t17-,18-,19+/m1/s1. The molecular weight excluding hydrogens is 414 g/mol. The van der Waals surface area contributed by atoms with Crippen LogP contribution in [-0.4, -0.2) is 51.7 Å². The number of amides is 1. The smallest absolute Gasteiger partial charge is 0.407 e. The molecule has 3 atom stereocenters. The van der Waals surface area contributed by atoms with Crippen LogP contribution in [0.4, 0.5) is 4.79 Å². The molecule has 0 unspecified atom stereocenters. The summed E-state index contributed by atoms with van der Waals surface area (Å²) in [6, 6.07) is 0. The number of ether oxygens (including phenoxy) is 3. The molecule has 0 spiro atoms. The fraction of sp³-hybridized carbons (Fsp3) is 0.783. The van der Waals surface area contributed by atoms with Gasteiger partial charge >= 0.3 is 14.7 Å². The third-order valence-corrected chi connectivity index (χ3v) is 10.4. The van der Waals surface area contributed by atoms with E-state index in [4.69, 9.17) is 23.1 Å². The van der Waals surface area contributed by atoms with Crippen LogP contribution in [0.1, 0.15) is 68.7 Å². The second-order valence-electron chi connectivity index (χ2n) is 11.3. The summed E-state index contributed by atoms with van der Waals surface area (Å²) in [7, 11) is -2.65. The molecule has 178 valence electrons. The van der Waals surface area contributed by atoms with Crippen LogP contribution in [0.5, 0.6) is 0 Å². The number of hydrogen-bond donors (Lipinski definition) is 1. The van der Waals surface area contributed by atoms with E-state index in [0.29, 0.717) is 25.3 Å². The van der Waals surface area contributed by atoms with E-state index in [1.807, 2.05) is 26.8 Å². The molecule has 0 radical (unpaired) electrons. The molecule has 1 saturated heterocycles. The van der Waals surface area contributed by atoms with Crippen molar-refractivity contribution in [3.8, 4) is 0 Å². The van der Waals surface area contributed by atoms with E-state index < -0.39 is 20.3 Å². The van der Waals surface area contributed by atoms with Gasteiger partial charge in [0.05, 0.1) is 18.6 Å². The first-order valence-corrected chi connectivity index (χ1v) is 12.8. The normalized spacial score (nSPS) is 25.8. The molecule has 0 aromatic heterocycles. The summed E-state index contributed by atoms with van der Waals surface area (Å²) in [5.74, 6) is 0.570. The van der Waals surface area contributed by atoms with Crippen LogP contribution in [0.3, 0.4) is 0 Å². The lowest BCUT2D eigenvalue weighted by Crippen LogP contribution is -2.67. The molecule has 0 bridgehead atoms. The predicted octanol–water partition coefficient (Wildman–Crippen LogP) is 5.17. The number of carbonyl (C=O) groups is 1. The van der Waals surface area contributed by atoms with Gasteiger partial charge < -0.3 is 28.4 Å². The summed E-state index contributed by atoms with van der Waals surface area (Å²) in [5.41, 5.74) is -0.531. The van der Waals surface area contributed by atoms with Crippen molar-refractivity contribution in [1.82, 2.24) is 5.32 Å². The van der Waals surface area contributed by atoms with Gasteiger partial charge in [0.2, 0.25) is 0 Å². The Kier molecular flexibility index (Phi) is 7.60. The van der Waals surface area contributed by atoms with Crippen LogP contribution in [0, 0.1) is 0 Å². The van der Waals surface area contributed by atoms with Gasteiger partial charge in [0.1, 0.15) is 23.9 Å². The Balaban J connectivity index is 2.02. The highest BCUT2D eigenvalue weighted by Gasteiger charge is 2.63. The van der Waals surface area contributed by atoms with E-state index in [2.05, 4.69) is 53.4 Å². The van der Waals surface area contributed by atoms with Crippen molar-refractivity contribution in [2.24, 2.45) is 0 Å². The fourth-order valence-corrected chi connectivity index (χ4v) is 9.17. The minimum atomic E-state index is -2.65. The second-order valence-corrected chi connectivity index (χ2v) is 16.1. The lowest BCUT2D eigenvalue weighted by Gasteiger charge is -2.55. The SMILES string of the molecule is C=C(CCNC(=O)OC(C)(C)C)O[C@@H]1C=CO[C@@H]2CO[Si](C(C)(C)C)(C(C)(C)C)O[C@@H]12. The van der Waals surface area contributed by atoms with Gasteiger partial charge in [-0.25, -0.2) is 4.79 Å². The summed E-state index contributed by atoms with van der Waals surface area (Å²) >= 11 is 0. The number of alkyl carbamates (subject to hydrolysis) is 1. The summed E-state index contributed by atoms with van der Waals surface area (Å²) in [5, 5.41) is 2.47. The molecule has 1 N–H and O–H groups in total. The zero-order valence-corrected chi connectivity index (χ0v) is 21.7. The molecular formula is C23H41NO6Si. The van der Waals surface area contributed by atoms with Crippen LogP contribution in [0.25, 0.3) is 0 Å². The van der Waals surface area contributed by atoms with E-state index in [0.717, 1.165) is 0 Å². The van der Waals surface area contributed by atoms with E-state index in [1.165, 1.54) is 0 Å². The van der Waals surface area contributed by atoms with Gasteiger partial charge in [-0.3, -0.25) is 0 Å². The van der Waals surface area contributed by atoms with Crippen LogP contribution in [0.2, 0.25) is 10.1 Å². The highest BCUT2D eigenvalue weighted by Crippen LogP contribution is 2.54. The van der Waals surface area contributed by atoms with Crippen LogP contribution in [0.15, 0.2) is 24.7 Å². The minimum absolute atomic E-state index is 0.129. The second kappa shape index (κ2) is 9.15. The minimum Gasteiger partial charge on any atom is -0.493 e. The lowest BCUT2D eigenvalue weighted by atomic mass is 10.1. The number of nitrogens with one attached hydrogen (secondary N) is 1. The Bertz CT molecular complexity index is 672. The van der Waals surface area contributed by atoms with Gasteiger partial charge in [0, 0.05) is 23.0 Å². The number of rotatable bonds is 5. The highest BCUT2D eigenvalue weighted by molar-refractivity contribution is 6.73. The number of hydrogen-bond acceptors (Lipinski definition) is 6. The predicted molar refractivity (Wildman–Crippen MR) is 123 cm³/mol. The van der Waals surface area contributed by atoms with Crippen molar-refractivity contribution in [3.05, 3.63) is 24.7 Å². The molecule has 1 fully saturated rings. The molecule has 2 aliphatic heterocycles. The zero-order chi connectivity index (χ0) is 23.7. The zero-order valence-electron chi connectivity index (χ0n) is 20.7. The van der Waals surface area contributed by atoms with Gasteiger partial charge in [-0.05, 0) is 26.8 Å². The largest absolute Gasteiger partial charge is 0.493 e. The molecule has 0 aromatic carbocycles. The van der Waals surface area contributed by atoms with E-state index in [9.17, 15) is 4.79 Å². The molecule has 0 aliphatic carbocycles. The first kappa shape index (κ1) is 25.7. The van der Waals surface area contributed by atoms with Gasteiger partial charge in [-0.15, -0.1) is 0 Å². The molecule has 8 heteroatoms. The quantitative estimate of drug-likeness (QED) is 0.455. The van der Waals surface area contributed by atoms with Crippen molar-refractivity contribution in [2.45, 2.75) is 103 Å². The third-order valence-electron chi connectivity index (χ3n) is 5.31. The Hall–Kier alpha value is -1.51. The maximum absolute atomic E-state index is 11.8. The maximum atomic E-state index is 11.8. The molecule has 0 aromatic rings. The summed E-state index contributed by atoms with van der Waals surface area (Å²) in [4.78, 5) is 11.8. The molecule has 2 aliphatic rings. The number of fused-ring (bicyclic) bond motifs is 1.